The molecule has 1 fully saturated rings. The number of hydrogen-bond donors (Lipinski definition) is 0. The molecule has 0 heterocycles. The molecule has 1 saturated carbocycles. The summed E-state index contributed by atoms with van der Waals surface area (Å²) < 4.78 is 55.4. The van der Waals surface area contributed by atoms with Crippen LogP contribution in [0.5, 0.6) is 0 Å². The number of ketones is 2. The molecule has 0 saturated heterocycles. The van der Waals surface area contributed by atoms with E-state index in [1.807, 2.05) is 0 Å². The lowest BCUT2D eigenvalue weighted by Crippen LogP contribution is -2.74. The summed E-state index contributed by atoms with van der Waals surface area (Å²) in [6.45, 7) is 0.325. The zero-order valence-electron chi connectivity index (χ0n) is 10.7. The summed E-state index contributed by atoms with van der Waals surface area (Å²) in [5, 5.41) is 35.1. The molecule has 0 aromatic rings. The maximum Gasteiger partial charge on any atom is 0.309 e. The number of rotatable bonds is 1. The first-order chi connectivity index (χ1) is 10.00. The van der Waals surface area contributed by atoms with Crippen LogP contribution in [0.15, 0.2) is 0 Å². The van der Waals surface area contributed by atoms with E-state index in [4.69, 9.17) is 21.0 Å². The monoisotopic (exact) mass is 312 g/mol. The molecule has 22 heavy (non-hydrogen) atoms. The second kappa shape index (κ2) is 4.51. The van der Waals surface area contributed by atoms with E-state index in [1.165, 1.54) is 0 Å². The van der Waals surface area contributed by atoms with Gasteiger partial charge in [-0.1, -0.05) is 0 Å². The van der Waals surface area contributed by atoms with Gasteiger partial charge in [0.15, 0.2) is 0 Å². The van der Waals surface area contributed by atoms with Crippen molar-refractivity contribution < 1.29 is 27.2 Å². The molecule has 1 aliphatic carbocycles. The molecule has 0 radical (unpaired) electrons. The van der Waals surface area contributed by atoms with Gasteiger partial charge in [0.1, 0.15) is 17.6 Å². The quantitative estimate of drug-likeness (QED) is 0.661. The third-order valence-corrected chi connectivity index (χ3v) is 3.74. The Morgan fingerprint density at radius 3 is 1.55 bits per heavy atom. The van der Waals surface area contributed by atoms with Crippen LogP contribution < -0.4 is 0 Å². The first-order valence-electron chi connectivity index (χ1n) is 5.41. The molecule has 4 atom stereocenters. The molecule has 0 aromatic heterocycles. The third-order valence-electron chi connectivity index (χ3n) is 3.74. The second-order valence-electron chi connectivity index (χ2n) is 4.66. The molecule has 10 heteroatoms. The number of nitrogens with zero attached hydrogens (tertiary/aromatic N) is 4. The standard InChI is InChI=1S/C12H4F4N4O2/c1-9(2-17)6(21)11(15,4-19)12(16,5-20)7(22)10(9,3-18)8(13)14/h8H,1H3. The fourth-order valence-electron chi connectivity index (χ4n) is 2.26. The Balaban J connectivity index is 4.06. The van der Waals surface area contributed by atoms with Crippen LogP contribution >= 0.6 is 0 Å². The first-order valence-corrected chi connectivity index (χ1v) is 5.41. The minimum Gasteiger partial charge on any atom is -0.293 e. The van der Waals surface area contributed by atoms with E-state index in [-0.39, 0.29) is 0 Å². The molecule has 1 rings (SSSR count). The van der Waals surface area contributed by atoms with E-state index in [2.05, 4.69) is 0 Å². The maximum atomic E-state index is 14.4. The Hall–Kier alpha value is -2.98. The van der Waals surface area contributed by atoms with E-state index in [0.717, 1.165) is 6.07 Å². The number of hydrogen-bond acceptors (Lipinski definition) is 6. The highest BCUT2D eigenvalue weighted by molar-refractivity contribution is 6.17. The average molecular weight is 312 g/mol. The van der Waals surface area contributed by atoms with Gasteiger partial charge in [0, 0.05) is 0 Å². The molecule has 1 aliphatic rings. The van der Waals surface area contributed by atoms with Gasteiger partial charge in [-0.15, -0.1) is 0 Å². The summed E-state index contributed by atoms with van der Waals surface area (Å²) in [7, 11) is 0. The smallest absolute Gasteiger partial charge is 0.293 e. The normalized spacial score (nSPS) is 41.2. The highest BCUT2D eigenvalue weighted by Gasteiger charge is 2.84. The molecule has 112 valence electrons. The minimum atomic E-state index is -4.64. The average Bonchev–Trinajstić information content (AvgIpc) is 2.51. The molecule has 0 aromatic carbocycles. The van der Waals surface area contributed by atoms with Crippen molar-refractivity contribution in [3.05, 3.63) is 0 Å². The molecule has 0 N–H and O–H groups in total. The van der Waals surface area contributed by atoms with Crippen LogP contribution in [-0.4, -0.2) is 29.3 Å². The van der Waals surface area contributed by atoms with E-state index < -0.39 is 40.2 Å². The van der Waals surface area contributed by atoms with E-state index in [1.54, 1.807) is 0 Å². The van der Waals surface area contributed by atoms with Crippen LogP contribution in [0, 0.1) is 56.2 Å². The number of alkyl halides is 4. The van der Waals surface area contributed by atoms with Crippen LogP contribution in [0.4, 0.5) is 17.6 Å². The lowest BCUT2D eigenvalue weighted by atomic mass is 9.50. The SMILES string of the molecule is CC1(C#N)C(=O)C(F)(C#N)C(F)(C#N)C(=O)C1(C#N)C(F)F. The number of halogens is 4. The zero-order chi connectivity index (χ0) is 17.6. The summed E-state index contributed by atoms with van der Waals surface area (Å²) >= 11 is 0. The fraction of sp³-hybridized carbons (Fsp3) is 0.500. The Morgan fingerprint density at radius 1 is 0.864 bits per heavy atom. The van der Waals surface area contributed by atoms with Gasteiger partial charge in [-0.05, 0) is 6.92 Å². The van der Waals surface area contributed by atoms with Crippen molar-refractivity contribution in [1.82, 2.24) is 0 Å². The Morgan fingerprint density at radius 2 is 1.27 bits per heavy atom. The molecule has 6 nitrogen and oxygen atoms in total. The molecular formula is C12H4F4N4O2. The Bertz CT molecular complexity index is 742. The van der Waals surface area contributed by atoms with Crippen LogP contribution in [0.2, 0.25) is 0 Å². The van der Waals surface area contributed by atoms with Gasteiger partial charge in [0.2, 0.25) is 17.0 Å². The van der Waals surface area contributed by atoms with Crippen molar-refractivity contribution in [3.63, 3.8) is 0 Å². The van der Waals surface area contributed by atoms with Crippen molar-refractivity contribution in [3.8, 4) is 24.3 Å². The molecule has 0 amide bonds. The Kier molecular flexibility index (Phi) is 3.50. The summed E-state index contributed by atoms with van der Waals surface area (Å²) in [5.41, 5.74) is -16.4. The van der Waals surface area contributed by atoms with Gasteiger partial charge >= 0.3 is 11.3 Å². The van der Waals surface area contributed by atoms with Gasteiger partial charge in [0.25, 0.3) is 6.43 Å². The second-order valence-corrected chi connectivity index (χ2v) is 4.66. The van der Waals surface area contributed by atoms with Gasteiger partial charge in [-0.2, -0.15) is 21.0 Å². The number of nitriles is 4. The highest BCUT2D eigenvalue weighted by atomic mass is 19.3. The zero-order valence-corrected chi connectivity index (χ0v) is 10.7. The number of carbonyl (C=O) groups is 2. The van der Waals surface area contributed by atoms with Crippen molar-refractivity contribution >= 4 is 11.6 Å². The third kappa shape index (κ3) is 1.34. The maximum absolute atomic E-state index is 14.4. The van der Waals surface area contributed by atoms with Gasteiger partial charge in [-0.25, -0.2) is 17.6 Å². The minimum absolute atomic E-state index is 0.325. The lowest BCUT2D eigenvalue weighted by molar-refractivity contribution is -0.180. The van der Waals surface area contributed by atoms with Gasteiger partial charge in [-0.3, -0.25) is 9.59 Å². The van der Waals surface area contributed by atoms with Crippen LogP contribution in [0.1, 0.15) is 6.92 Å². The molecule has 0 aliphatic heterocycles. The molecule has 4 unspecified atom stereocenters. The Labute approximate surface area is 120 Å². The summed E-state index contributed by atoms with van der Waals surface area (Å²) in [6, 6.07) is 2.41. The van der Waals surface area contributed by atoms with Crippen molar-refractivity contribution in [1.29, 1.82) is 21.0 Å². The van der Waals surface area contributed by atoms with E-state index >= 15 is 0 Å². The van der Waals surface area contributed by atoms with Crippen molar-refractivity contribution in [2.75, 3.05) is 0 Å². The summed E-state index contributed by atoms with van der Waals surface area (Å²) in [6.07, 6.45) is -4.08. The van der Waals surface area contributed by atoms with Crippen molar-refractivity contribution in [2.24, 2.45) is 10.8 Å². The largest absolute Gasteiger partial charge is 0.309 e. The van der Waals surface area contributed by atoms with Gasteiger partial charge < -0.3 is 0 Å². The van der Waals surface area contributed by atoms with Gasteiger partial charge in [0.05, 0.1) is 12.1 Å². The molecule has 0 bridgehead atoms. The van der Waals surface area contributed by atoms with E-state index in [0.29, 0.717) is 25.1 Å². The highest BCUT2D eigenvalue weighted by Crippen LogP contribution is 2.57. The van der Waals surface area contributed by atoms with Crippen LogP contribution in [0.25, 0.3) is 0 Å². The van der Waals surface area contributed by atoms with E-state index in [9.17, 15) is 27.2 Å². The first kappa shape index (κ1) is 17.1. The molecule has 0 spiro atoms. The lowest BCUT2D eigenvalue weighted by Gasteiger charge is -2.46. The predicted molar refractivity (Wildman–Crippen MR) is 56.7 cm³/mol. The number of carbonyl (C=O) groups excluding carboxylic acids is 2. The summed E-state index contributed by atoms with van der Waals surface area (Å²) in [5.74, 6) is -5.01. The topological polar surface area (TPSA) is 129 Å². The van der Waals surface area contributed by atoms with Crippen LogP contribution in [0.3, 0.4) is 0 Å². The predicted octanol–water partition coefficient (Wildman–Crippen LogP) is 0.907. The summed E-state index contributed by atoms with van der Waals surface area (Å²) in [4.78, 5) is 24.0. The van der Waals surface area contributed by atoms with Crippen LogP contribution in [-0.2, 0) is 9.59 Å². The fourth-order valence-corrected chi connectivity index (χ4v) is 2.26. The van der Waals surface area contributed by atoms with Crippen molar-refractivity contribution in [2.45, 2.75) is 24.7 Å². The number of Topliss-reactive ketones (excluding diaryl/α,β-unsaturated/α-hetero) is 2. The molecular weight excluding hydrogens is 308 g/mol.